The highest BCUT2D eigenvalue weighted by Crippen LogP contribution is 2.40. The van der Waals surface area contributed by atoms with Crippen molar-refractivity contribution in [2.24, 2.45) is 11.5 Å². The minimum Gasteiger partial charge on any atom is -0.434 e. The molecule has 0 radical (unpaired) electrons. The van der Waals surface area contributed by atoms with Gasteiger partial charge in [-0.3, -0.25) is 33.9 Å². The van der Waals surface area contributed by atoms with Gasteiger partial charge in [-0.2, -0.15) is 5.10 Å². The van der Waals surface area contributed by atoms with Crippen LogP contribution in [0, 0.1) is 0 Å². The highest BCUT2D eigenvalue weighted by atomic mass is 16.6. The first kappa shape index (κ1) is 40.1. The molecule has 2 aliphatic rings. The number of H-pyrrole nitrogens is 1. The summed E-state index contributed by atoms with van der Waals surface area (Å²) in [4.78, 5) is 82.1. The topological polar surface area (TPSA) is 208 Å². The van der Waals surface area contributed by atoms with Crippen LogP contribution in [0.3, 0.4) is 0 Å². The van der Waals surface area contributed by atoms with Gasteiger partial charge in [0.25, 0.3) is 34.8 Å². The number of carbonyl (C=O) groups is 6. The first-order valence-electron chi connectivity index (χ1n) is 19.3. The molecular formula is C45H44N6O8. The van der Waals surface area contributed by atoms with Gasteiger partial charge in [-0.05, 0) is 48.4 Å². The Labute approximate surface area is 340 Å². The summed E-state index contributed by atoms with van der Waals surface area (Å²) >= 11 is 0. The Kier molecular flexibility index (Phi) is 11.2. The number of rotatable bonds is 12. The molecule has 59 heavy (non-hydrogen) atoms. The third-order valence-corrected chi connectivity index (χ3v) is 11.1. The molecule has 3 heterocycles. The van der Waals surface area contributed by atoms with Gasteiger partial charge in [0.15, 0.2) is 0 Å². The molecule has 0 spiro atoms. The van der Waals surface area contributed by atoms with Crippen molar-refractivity contribution in [2.45, 2.75) is 62.8 Å². The first-order valence-corrected chi connectivity index (χ1v) is 19.3. The van der Waals surface area contributed by atoms with Crippen molar-refractivity contribution < 1.29 is 38.2 Å². The standard InChI is InChI=1S/C45H44N6O8/c1-28(52)58-44(40(46)54,34-11-5-3-6-12-34)42(56)50-25-9-15-38(50)32-21-17-30(18-22-32)36-27-37(49-48-36)31-19-23-33(24-20-31)39-16-10-26-51(39)43(57)45(41(47)55,59-29(2)53)35-13-7-4-8-14-35/h3-8,11-14,17-24,27,38-39H,9-10,15-16,25-26H2,1-2H3,(H2,46,54)(H2,47,55)(H,48,49)/t38-,39-,44+,45+/m0/s1. The van der Waals surface area contributed by atoms with Crippen LogP contribution in [0.5, 0.6) is 0 Å². The van der Waals surface area contributed by atoms with E-state index in [1.807, 2.05) is 54.6 Å². The van der Waals surface area contributed by atoms with Gasteiger partial charge < -0.3 is 30.7 Å². The molecule has 0 saturated carbocycles. The van der Waals surface area contributed by atoms with Crippen LogP contribution >= 0.6 is 0 Å². The second-order valence-corrected chi connectivity index (χ2v) is 14.7. The van der Waals surface area contributed by atoms with Crippen LogP contribution in [0.1, 0.15) is 73.9 Å². The number of ether oxygens (including phenoxy) is 2. The van der Waals surface area contributed by atoms with E-state index in [-0.39, 0.29) is 23.2 Å². The SMILES string of the molecule is CC(=O)O[C@](C(N)=O)(C(=O)N1CCC[C@H]1c1ccc(-c2cc(-c3ccc([C@@H]4CCCN4C(=O)[C@](OC(C)=O)(C(N)=O)c4ccccc4)cc3)[nH]n2)cc1)c1ccccc1. The molecule has 1 aromatic heterocycles. The molecule has 5 aromatic rings. The fourth-order valence-corrected chi connectivity index (χ4v) is 8.32. The Bertz CT molecular complexity index is 2220. The van der Waals surface area contributed by atoms with Gasteiger partial charge in [0.05, 0.1) is 23.5 Å². The number of aromatic amines is 1. The maximum atomic E-state index is 14.2. The summed E-state index contributed by atoms with van der Waals surface area (Å²) in [5, 5.41) is 7.65. The summed E-state index contributed by atoms with van der Waals surface area (Å²) < 4.78 is 11.0. The molecule has 0 unspecified atom stereocenters. The predicted octanol–water partition coefficient (Wildman–Crippen LogP) is 4.96. The van der Waals surface area contributed by atoms with E-state index in [9.17, 15) is 28.8 Å². The number of nitrogens with two attached hydrogens (primary N) is 2. The second kappa shape index (κ2) is 16.4. The van der Waals surface area contributed by atoms with Gasteiger partial charge in [-0.25, -0.2) is 0 Å². The number of nitrogens with zero attached hydrogens (tertiary/aromatic N) is 3. The Morgan fingerprint density at radius 1 is 0.610 bits per heavy atom. The van der Waals surface area contributed by atoms with E-state index in [0.29, 0.717) is 44.5 Å². The van der Waals surface area contributed by atoms with Crippen LogP contribution in [0.2, 0.25) is 0 Å². The molecule has 0 bridgehead atoms. The van der Waals surface area contributed by atoms with Crippen LogP contribution < -0.4 is 11.5 Å². The zero-order valence-corrected chi connectivity index (χ0v) is 32.6. The maximum absolute atomic E-state index is 14.2. The summed E-state index contributed by atoms with van der Waals surface area (Å²) in [5.41, 5.74) is 12.2. The molecule has 14 heteroatoms. The van der Waals surface area contributed by atoms with Crippen molar-refractivity contribution in [2.75, 3.05) is 13.1 Å². The van der Waals surface area contributed by atoms with E-state index in [0.717, 1.165) is 41.8 Å². The monoisotopic (exact) mass is 796 g/mol. The normalized spacial score (nSPS) is 18.3. The summed E-state index contributed by atoms with van der Waals surface area (Å²) in [7, 11) is 0. The third-order valence-electron chi connectivity index (χ3n) is 11.1. The quantitative estimate of drug-likeness (QED) is 0.115. The third kappa shape index (κ3) is 7.44. The Morgan fingerprint density at radius 2 is 1.02 bits per heavy atom. The van der Waals surface area contributed by atoms with Gasteiger partial charge in [-0.1, -0.05) is 109 Å². The fraction of sp³-hybridized carbons (Fsp3) is 0.267. The van der Waals surface area contributed by atoms with Crippen molar-refractivity contribution in [3.05, 3.63) is 138 Å². The number of benzene rings is 4. The van der Waals surface area contributed by atoms with E-state index in [4.69, 9.17) is 20.9 Å². The molecule has 5 N–H and O–H groups in total. The summed E-state index contributed by atoms with van der Waals surface area (Å²) in [6, 6.07) is 32.7. The van der Waals surface area contributed by atoms with Crippen molar-refractivity contribution in [3.8, 4) is 22.5 Å². The van der Waals surface area contributed by atoms with Crippen LogP contribution in [0.25, 0.3) is 22.5 Å². The van der Waals surface area contributed by atoms with Crippen LogP contribution in [-0.4, -0.2) is 68.7 Å². The lowest BCUT2D eigenvalue weighted by atomic mass is 9.90. The Hall–Kier alpha value is -7.09. The minimum absolute atomic E-state index is 0.180. The van der Waals surface area contributed by atoms with Gasteiger partial charge in [0.1, 0.15) is 0 Å². The number of nitrogens with one attached hydrogen (secondary N) is 1. The van der Waals surface area contributed by atoms with E-state index in [2.05, 4.69) is 10.2 Å². The molecule has 4 aromatic carbocycles. The van der Waals surface area contributed by atoms with Gasteiger partial charge in [0.2, 0.25) is 0 Å². The summed E-state index contributed by atoms with van der Waals surface area (Å²) in [6.07, 6.45) is 2.62. The molecule has 7 rings (SSSR count). The lowest BCUT2D eigenvalue weighted by Gasteiger charge is -2.35. The average Bonchev–Trinajstić information content (AvgIpc) is 4.04. The number of hydrogen-bond acceptors (Lipinski definition) is 9. The molecular weight excluding hydrogens is 753 g/mol. The number of primary amides is 2. The average molecular weight is 797 g/mol. The maximum Gasteiger partial charge on any atom is 0.304 e. The molecule has 4 amide bonds. The molecule has 302 valence electrons. The molecule has 0 aliphatic carbocycles. The van der Waals surface area contributed by atoms with Crippen LogP contribution in [0.15, 0.2) is 115 Å². The van der Waals surface area contributed by atoms with Crippen molar-refractivity contribution in [3.63, 3.8) is 0 Å². The van der Waals surface area contributed by atoms with Gasteiger partial charge in [0, 0.05) is 43.6 Å². The largest absolute Gasteiger partial charge is 0.434 e. The lowest BCUT2D eigenvalue weighted by Crippen LogP contribution is -2.56. The summed E-state index contributed by atoms with van der Waals surface area (Å²) in [6.45, 7) is 2.97. The number of aromatic nitrogens is 2. The molecule has 14 nitrogen and oxygen atoms in total. The molecule has 4 atom stereocenters. The van der Waals surface area contributed by atoms with E-state index in [1.54, 1.807) is 70.5 Å². The second-order valence-electron chi connectivity index (χ2n) is 14.7. The smallest absolute Gasteiger partial charge is 0.304 e. The predicted molar refractivity (Wildman–Crippen MR) is 215 cm³/mol. The van der Waals surface area contributed by atoms with E-state index in [1.165, 1.54) is 0 Å². The van der Waals surface area contributed by atoms with Crippen molar-refractivity contribution in [1.29, 1.82) is 0 Å². The van der Waals surface area contributed by atoms with Crippen LogP contribution in [0.4, 0.5) is 0 Å². The van der Waals surface area contributed by atoms with Gasteiger partial charge >= 0.3 is 11.9 Å². The summed E-state index contributed by atoms with van der Waals surface area (Å²) in [5.74, 6) is -5.15. The zero-order chi connectivity index (χ0) is 41.9. The van der Waals surface area contributed by atoms with Crippen LogP contribution in [-0.2, 0) is 49.4 Å². The highest BCUT2D eigenvalue weighted by Gasteiger charge is 2.55. The first-order chi connectivity index (χ1) is 28.4. The van der Waals surface area contributed by atoms with Crippen molar-refractivity contribution >= 4 is 35.6 Å². The fourth-order valence-electron chi connectivity index (χ4n) is 8.32. The molecule has 2 aliphatic heterocycles. The van der Waals surface area contributed by atoms with E-state index < -0.39 is 46.8 Å². The van der Waals surface area contributed by atoms with E-state index >= 15 is 0 Å². The Balaban J connectivity index is 1.08. The molecule has 2 saturated heterocycles. The number of hydrogen-bond donors (Lipinski definition) is 3. The highest BCUT2D eigenvalue weighted by molar-refractivity contribution is 6.11. The lowest BCUT2D eigenvalue weighted by molar-refractivity contribution is -0.179. The van der Waals surface area contributed by atoms with Crippen molar-refractivity contribution in [1.82, 2.24) is 20.0 Å². The minimum atomic E-state index is -2.31. The Morgan fingerprint density at radius 3 is 1.41 bits per heavy atom. The molecule has 2 fully saturated rings. The number of amides is 4. The van der Waals surface area contributed by atoms with Gasteiger partial charge in [-0.15, -0.1) is 0 Å². The number of carbonyl (C=O) groups excluding carboxylic acids is 6. The number of esters is 2. The number of likely N-dealkylation sites (tertiary alicyclic amines) is 2. The zero-order valence-electron chi connectivity index (χ0n) is 32.6.